The minimum absolute atomic E-state index is 0.348. The number of rotatable bonds is 5. The summed E-state index contributed by atoms with van der Waals surface area (Å²) in [6.07, 6.45) is 1.97. The van der Waals surface area contributed by atoms with Crippen LogP contribution in [0.15, 0.2) is 0 Å². The van der Waals surface area contributed by atoms with Gasteiger partial charge in [-0.05, 0) is 12.8 Å². The van der Waals surface area contributed by atoms with Gasteiger partial charge in [-0.2, -0.15) is 0 Å². The van der Waals surface area contributed by atoms with E-state index in [1.54, 1.807) is 0 Å². The minimum atomic E-state index is -1.29. The van der Waals surface area contributed by atoms with Gasteiger partial charge in [-0.15, -0.1) is 0 Å². The Morgan fingerprint density at radius 2 is 1.70 bits per heavy atom. The van der Waals surface area contributed by atoms with Crippen LogP contribution in [0, 0.1) is 5.41 Å². The maximum absolute atomic E-state index is 11.9. The Morgan fingerprint density at radius 3 is 2.15 bits per heavy atom. The summed E-state index contributed by atoms with van der Waals surface area (Å²) in [5.41, 5.74) is 4.52. The second-order valence-electron chi connectivity index (χ2n) is 5.11. The van der Waals surface area contributed by atoms with E-state index in [-0.39, 0.29) is 0 Å². The van der Waals surface area contributed by atoms with Crippen LogP contribution in [0.5, 0.6) is 0 Å². The lowest BCUT2D eigenvalue weighted by atomic mass is 9.69. The fourth-order valence-electron chi connectivity index (χ4n) is 2.56. The summed E-state index contributed by atoms with van der Waals surface area (Å²) in [7, 11) is 0. The third-order valence-electron chi connectivity index (χ3n) is 3.64. The zero-order valence-electron chi connectivity index (χ0n) is 11.8. The van der Waals surface area contributed by atoms with Gasteiger partial charge in [0.05, 0.1) is 5.41 Å². The Balaban J connectivity index is 2.74. The molecular weight excluding hydrogens is 266 g/mol. The van der Waals surface area contributed by atoms with Crippen molar-refractivity contribution in [2.75, 3.05) is 0 Å². The van der Waals surface area contributed by atoms with E-state index < -0.39 is 35.7 Å². The summed E-state index contributed by atoms with van der Waals surface area (Å²) in [5.74, 6) is -2.53. The van der Waals surface area contributed by atoms with Crippen LogP contribution < -0.4 is 5.73 Å². The second kappa shape index (κ2) is 6.69. The van der Waals surface area contributed by atoms with Gasteiger partial charge in [0.25, 0.3) is 0 Å². The number of carboxylic acids is 1. The van der Waals surface area contributed by atoms with Crippen molar-refractivity contribution in [2.24, 2.45) is 11.1 Å². The standard InChI is InChI=1S/C13H21NO6/c1-8(15)19-9(2)20-11(16)10(14)13(12(17)18)6-4-3-5-7-13/h9-10H,3-7,14H2,1-2H3,(H,17,18). The lowest BCUT2D eigenvalue weighted by Crippen LogP contribution is -2.54. The number of ether oxygens (including phenoxy) is 2. The van der Waals surface area contributed by atoms with Gasteiger partial charge in [0.2, 0.25) is 6.29 Å². The van der Waals surface area contributed by atoms with E-state index in [9.17, 15) is 19.5 Å². The van der Waals surface area contributed by atoms with Gasteiger partial charge in [0, 0.05) is 13.8 Å². The predicted octanol–water partition coefficient (Wildman–Crippen LogP) is 0.801. The molecule has 7 heteroatoms. The van der Waals surface area contributed by atoms with Crippen LogP contribution in [0.3, 0.4) is 0 Å². The first kappa shape index (κ1) is 16.4. The number of nitrogens with two attached hydrogens (primary N) is 1. The highest BCUT2D eigenvalue weighted by atomic mass is 16.7. The molecule has 1 rings (SSSR count). The molecule has 0 amide bonds. The molecule has 1 aliphatic carbocycles. The third kappa shape index (κ3) is 3.69. The molecule has 7 nitrogen and oxygen atoms in total. The largest absolute Gasteiger partial charge is 0.481 e. The molecule has 0 aliphatic heterocycles. The minimum Gasteiger partial charge on any atom is -0.481 e. The lowest BCUT2D eigenvalue weighted by molar-refractivity contribution is -0.188. The molecule has 0 spiro atoms. The van der Waals surface area contributed by atoms with Gasteiger partial charge in [-0.25, -0.2) is 0 Å². The molecule has 0 radical (unpaired) electrons. The summed E-state index contributed by atoms with van der Waals surface area (Å²) in [6, 6.07) is -1.27. The van der Waals surface area contributed by atoms with Crippen molar-refractivity contribution in [3.63, 3.8) is 0 Å². The SMILES string of the molecule is CC(=O)OC(C)OC(=O)C(N)C1(C(=O)O)CCCCC1. The molecule has 0 heterocycles. The van der Waals surface area contributed by atoms with Gasteiger partial charge in [-0.3, -0.25) is 14.4 Å². The highest BCUT2D eigenvalue weighted by Crippen LogP contribution is 2.39. The molecule has 3 N–H and O–H groups in total. The first-order valence-corrected chi connectivity index (χ1v) is 6.66. The summed E-state index contributed by atoms with van der Waals surface area (Å²) in [6.45, 7) is 2.56. The molecule has 0 aromatic carbocycles. The zero-order chi connectivity index (χ0) is 15.3. The Morgan fingerprint density at radius 1 is 1.15 bits per heavy atom. The number of hydrogen-bond donors (Lipinski definition) is 2. The van der Waals surface area contributed by atoms with Crippen molar-refractivity contribution in [1.29, 1.82) is 0 Å². The number of esters is 2. The number of carboxylic acid groups (broad SMARTS) is 1. The van der Waals surface area contributed by atoms with Crippen molar-refractivity contribution in [1.82, 2.24) is 0 Å². The first-order valence-electron chi connectivity index (χ1n) is 6.66. The van der Waals surface area contributed by atoms with Crippen molar-refractivity contribution >= 4 is 17.9 Å². The highest BCUT2D eigenvalue weighted by molar-refractivity contribution is 5.87. The third-order valence-corrected chi connectivity index (χ3v) is 3.64. The average Bonchev–Trinajstić information content (AvgIpc) is 2.37. The van der Waals surface area contributed by atoms with Gasteiger partial charge in [-0.1, -0.05) is 19.3 Å². The van der Waals surface area contributed by atoms with Crippen molar-refractivity contribution < 1.29 is 29.0 Å². The molecule has 1 saturated carbocycles. The van der Waals surface area contributed by atoms with E-state index in [1.807, 2.05) is 0 Å². The van der Waals surface area contributed by atoms with E-state index >= 15 is 0 Å². The Hall–Kier alpha value is -1.63. The monoisotopic (exact) mass is 287 g/mol. The van der Waals surface area contributed by atoms with E-state index in [2.05, 4.69) is 4.74 Å². The molecule has 20 heavy (non-hydrogen) atoms. The van der Waals surface area contributed by atoms with Crippen LogP contribution >= 0.6 is 0 Å². The number of carbonyl (C=O) groups excluding carboxylic acids is 2. The normalized spacial score (nSPS) is 20.6. The van der Waals surface area contributed by atoms with Gasteiger partial charge < -0.3 is 20.3 Å². The smallest absolute Gasteiger partial charge is 0.327 e. The van der Waals surface area contributed by atoms with Crippen LogP contribution in [-0.4, -0.2) is 35.3 Å². The van der Waals surface area contributed by atoms with Crippen molar-refractivity contribution in [3.05, 3.63) is 0 Å². The van der Waals surface area contributed by atoms with Crippen LogP contribution in [0.4, 0.5) is 0 Å². The molecule has 2 unspecified atom stereocenters. The molecule has 1 fully saturated rings. The Bertz CT molecular complexity index is 388. The fraction of sp³-hybridized carbons (Fsp3) is 0.769. The fourth-order valence-corrected chi connectivity index (χ4v) is 2.56. The maximum Gasteiger partial charge on any atom is 0.327 e. The summed E-state index contributed by atoms with van der Waals surface area (Å²) >= 11 is 0. The van der Waals surface area contributed by atoms with E-state index in [4.69, 9.17) is 10.5 Å². The van der Waals surface area contributed by atoms with Crippen LogP contribution in [0.25, 0.3) is 0 Å². The molecule has 0 aromatic rings. The number of carbonyl (C=O) groups is 3. The number of hydrogen-bond acceptors (Lipinski definition) is 6. The molecule has 114 valence electrons. The van der Waals surface area contributed by atoms with E-state index in [0.29, 0.717) is 25.7 Å². The van der Waals surface area contributed by atoms with Gasteiger partial charge >= 0.3 is 17.9 Å². The van der Waals surface area contributed by atoms with E-state index in [0.717, 1.165) is 6.42 Å². The van der Waals surface area contributed by atoms with Crippen LogP contribution in [-0.2, 0) is 23.9 Å². The molecule has 0 bridgehead atoms. The predicted molar refractivity (Wildman–Crippen MR) is 68.4 cm³/mol. The quantitative estimate of drug-likeness (QED) is 0.567. The van der Waals surface area contributed by atoms with E-state index in [1.165, 1.54) is 13.8 Å². The molecule has 0 saturated heterocycles. The molecule has 1 aliphatic rings. The first-order chi connectivity index (χ1) is 9.29. The summed E-state index contributed by atoms with van der Waals surface area (Å²) in [4.78, 5) is 34.2. The second-order valence-corrected chi connectivity index (χ2v) is 5.11. The summed E-state index contributed by atoms with van der Waals surface area (Å²) < 4.78 is 9.55. The maximum atomic E-state index is 11.9. The summed E-state index contributed by atoms with van der Waals surface area (Å²) in [5, 5.41) is 9.41. The Labute approximate surface area is 117 Å². The molecule has 0 aromatic heterocycles. The Kier molecular flexibility index (Phi) is 5.50. The zero-order valence-corrected chi connectivity index (χ0v) is 11.8. The van der Waals surface area contributed by atoms with Gasteiger partial charge in [0.15, 0.2) is 0 Å². The van der Waals surface area contributed by atoms with Crippen molar-refractivity contribution in [3.8, 4) is 0 Å². The van der Waals surface area contributed by atoms with Gasteiger partial charge in [0.1, 0.15) is 6.04 Å². The van der Waals surface area contributed by atoms with Crippen molar-refractivity contribution in [2.45, 2.75) is 58.3 Å². The van der Waals surface area contributed by atoms with Crippen LogP contribution in [0.2, 0.25) is 0 Å². The molecular formula is C13H21NO6. The number of aliphatic carboxylic acids is 1. The highest BCUT2D eigenvalue weighted by Gasteiger charge is 2.49. The molecule has 2 atom stereocenters. The average molecular weight is 287 g/mol. The lowest BCUT2D eigenvalue weighted by Gasteiger charge is -2.36. The van der Waals surface area contributed by atoms with Crippen LogP contribution in [0.1, 0.15) is 46.0 Å². The topological polar surface area (TPSA) is 116 Å².